The van der Waals surface area contributed by atoms with E-state index < -0.39 is 0 Å². The number of nitrogens with one attached hydrogen (secondary N) is 1. The van der Waals surface area contributed by atoms with Crippen LogP contribution in [0.4, 0.5) is 0 Å². The third-order valence-electron chi connectivity index (χ3n) is 4.18. The van der Waals surface area contributed by atoms with Crippen LogP contribution in [0.2, 0.25) is 0 Å². The number of aryl methyl sites for hydroxylation is 1. The van der Waals surface area contributed by atoms with Gasteiger partial charge >= 0.3 is 0 Å². The highest BCUT2D eigenvalue weighted by Gasteiger charge is 2.17. The van der Waals surface area contributed by atoms with Crippen LogP contribution in [0.1, 0.15) is 44.6 Å². The summed E-state index contributed by atoms with van der Waals surface area (Å²) in [6.45, 7) is 13.0. The first-order chi connectivity index (χ1) is 10.2. The lowest BCUT2D eigenvalue weighted by Crippen LogP contribution is -2.29. The molecule has 2 aromatic rings. The molecule has 0 spiro atoms. The number of rotatable bonds is 8. The zero-order chi connectivity index (χ0) is 15.2. The predicted octanol–water partition coefficient (Wildman–Crippen LogP) is 4.12. The van der Waals surface area contributed by atoms with Gasteiger partial charge in [0.15, 0.2) is 0 Å². The van der Waals surface area contributed by atoms with E-state index >= 15 is 0 Å². The van der Waals surface area contributed by atoms with Gasteiger partial charge in [0.05, 0.1) is 6.04 Å². The predicted molar refractivity (Wildman–Crippen MR) is 89.8 cm³/mol. The summed E-state index contributed by atoms with van der Waals surface area (Å²) < 4.78 is 6.13. The summed E-state index contributed by atoms with van der Waals surface area (Å²) in [4.78, 5) is 2.46. The molecular formula is C18H28N2O. The van der Waals surface area contributed by atoms with E-state index in [-0.39, 0.29) is 0 Å². The smallest absolute Gasteiger partial charge is 0.137 e. The van der Waals surface area contributed by atoms with E-state index in [9.17, 15) is 0 Å². The fourth-order valence-corrected chi connectivity index (χ4v) is 2.84. The normalized spacial score (nSPS) is 13.2. The largest absolute Gasteiger partial charge is 0.459 e. The van der Waals surface area contributed by atoms with Crippen molar-refractivity contribution in [3.05, 3.63) is 35.6 Å². The molecule has 2 rings (SSSR count). The quantitative estimate of drug-likeness (QED) is 0.792. The van der Waals surface area contributed by atoms with Crippen molar-refractivity contribution in [2.24, 2.45) is 0 Å². The SMILES string of the molecule is CCNC(CCN(CC)CC)c1cc2cccc(C)c2o1. The molecule has 0 aliphatic heterocycles. The van der Waals surface area contributed by atoms with Crippen molar-refractivity contribution in [3.8, 4) is 0 Å². The maximum absolute atomic E-state index is 6.13. The molecule has 0 radical (unpaired) electrons. The van der Waals surface area contributed by atoms with Crippen molar-refractivity contribution in [2.45, 2.75) is 40.2 Å². The van der Waals surface area contributed by atoms with Gasteiger partial charge in [-0.25, -0.2) is 0 Å². The van der Waals surface area contributed by atoms with Gasteiger partial charge in [-0.2, -0.15) is 0 Å². The lowest BCUT2D eigenvalue weighted by atomic mass is 10.1. The lowest BCUT2D eigenvalue weighted by Gasteiger charge is -2.22. The van der Waals surface area contributed by atoms with E-state index in [0.29, 0.717) is 6.04 Å². The van der Waals surface area contributed by atoms with Crippen LogP contribution in [0.25, 0.3) is 11.0 Å². The number of nitrogens with zero attached hydrogens (tertiary/aromatic N) is 1. The Bertz CT molecular complexity index is 557. The number of para-hydroxylation sites is 1. The van der Waals surface area contributed by atoms with Crippen molar-refractivity contribution in [1.29, 1.82) is 0 Å². The molecule has 21 heavy (non-hydrogen) atoms. The minimum Gasteiger partial charge on any atom is -0.459 e. The van der Waals surface area contributed by atoms with Crippen LogP contribution in [0.15, 0.2) is 28.7 Å². The van der Waals surface area contributed by atoms with Crippen molar-refractivity contribution in [1.82, 2.24) is 10.2 Å². The average Bonchev–Trinajstić information content (AvgIpc) is 2.92. The maximum atomic E-state index is 6.13. The van der Waals surface area contributed by atoms with Crippen LogP contribution in [0.3, 0.4) is 0 Å². The molecule has 0 fully saturated rings. The molecule has 0 amide bonds. The molecule has 3 nitrogen and oxygen atoms in total. The van der Waals surface area contributed by atoms with Gasteiger partial charge in [-0.05, 0) is 44.6 Å². The highest BCUT2D eigenvalue weighted by Crippen LogP contribution is 2.28. The third-order valence-corrected chi connectivity index (χ3v) is 4.18. The van der Waals surface area contributed by atoms with Crippen LogP contribution in [-0.2, 0) is 0 Å². The maximum Gasteiger partial charge on any atom is 0.137 e. The standard InChI is InChI=1S/C18H28N2O/c1-5-19-16(11-12-20(6-2)7-3)17-13-15-10-8-9-14(4)18(15)21-17/h8-10,13,16,19H,5-7,11-12H2,1-4H3. The van der Waals surface area contributed by atoms with Gasteiger partial charge in [-0.15, -0.1) is 0 Å². The number of hydrogen-bond acceptors (Lipinski definition) is 3. The van der Waals surface area contributed by atoms with Crippen LogP contribution < -0.4 is 5.32 Å². The molecule has 1 aromatic heterocycles. The van der Waals surface area contributed by atoms with Gasteiger partial charge in [0.2, 0.25) is 0 Å². The fourth-order valence-electron chi connectivity index (χ4n) is 2.84. The summed E-state index contributed by atoms with van der Waals surface area (Å²) >= 11 is 0. The van der Waals surface area contributed by atoms with Crippen molar-refractivity contribution in [2.75, 3.05) is 26.2 Å². The van der Waals surface area contributed by atoms with Crippen molar-refractivity contribution in [3.63, 3.8) is 0 Å². The minimum atomic E-state index is 0.294. The molecule has 1 unspecified atom stereocenters. The Hall–Kier alpha value is -1.32. The van der Waals surface area contributed by atoms with Gasteiger partial charge < -0.3 is 14.6 Å². The summed E-state index contributed by atoms with van der Waals surface area (Å²) in [6, 6.07) is 8.81. The Kier molecular flexibility index (Phi) is 5.83. The topological polar surface area (TPSA) is 28.4 Å². The zero-order valence-corrected chi connectivity index (χ0v) is 13.8. The molecule has 1 aromatic carbocycles. The van der Waals surface area contributed by atoms with E-state index in [1.807, 2.05) is 0 Å². The molecule has 116 valence electrons. The van der Waals surface area contributed by atoms with Crippen molar-refractivity contribution < 1.29 is 4.42 Å². The second kappa shape index (κ2) is 7.62. The average molecular weight is 288 g/mol. The first kappa shape index (κ1) is 16.1. The van der Waals surface area contributed by atoms with Crippen LogP contribution in [0, 0.1) is 6.92 Å². The second-order valence-electron chi connectivity index (χ2n) is 5.57. The summed E-state index contributed by atoms with van der Waals surface area (Å²) in [5.74, 6) is 1.06. The van der Waals surface area contributed by atoms with Crippen LogP contribution in [-0.4, -0.2) is 31.1 Å². The minimum absolute atomic E-state index is 0.294. The highest BCUT2D eigenvalue weighted by molar-refractivity contribution is 5.80. The fraction of sp³-hybridized carbons (Fsp3) is 0.556. The summed E-state index contributed by atoms with van der Waals surface area (Å²) in [6.07, 6.45) is 1.08. The van der Waals surface area contributed by atoms with Gasteiger partial charge in [0, 0.05) is 11.9 Å². The van der Waals surface area contributed by atoms with Gasteiger partial charge in [0.25, 0.3) is 0 Å². The Balaban J connectivity index is 2.17. The summed E-state index contributed by atoms with van der Waals surface area (Å²) in [5.41, 5.74) is 2.23. The number of furan rings is 1. The van der Waals surface area contributed by atoms with Crippen LogP contribution in [0.5, 0.6) is 0 Å². The molecule has 1 atom stereocenters. The zero-order valence-electron chi connectivity index (χ0n) is 13.8. The Morgan fingerprint density at radius 2 is 1.95 bits per heavy atom. The third kappa shape index (κ3) is 3.86. The Morgan fingerprint density at radius 3 is 2.57 bits per heavy atom. The molecule has 1 N–H and O–H groups in total. The lowest BCUT2D eigenvalue weighted by molar-refractivity contribution is 0.274. The van der Waals surface area contributed by atoms with Gasteiger partial charge in [-0.1, -0.05) is 39.0 Å². The summed E-state index contributed by atoms with van der Waals surface area (Å²) in [7, 11) is 0. The molecule has 0 saturated carbocycles. The first-order valence-electron chi connectivity index (χ1n) is 8.14. The Morgan fingerprint density at radius 1 is 1.19 bits per heavy atom. The monoisotopic (exact) mass is 288 g/mol. The van der Waals surface area contributed by atoms with E-state index in [0.717, 1.165) is 43.9 Å². The van der Waals surface area contributed by atoms with Crippen molar-refractivity contribution >= 4 is 11.0 Å². The van der Waals surface area contributed by atoms with Crippen LogP contribution >= 0.6 is 0 Å². The summed E-state index contributed by atoms with van der Waals surface area (Å²) in [5, 5.41) is 4.77. The highest BCUT2D eigenvalue weighted by atomic mass is 16.3. The molecule has 1 heterocycles. The second-order valence-corrected chi connectivity index (χ2v) is 5.57. The Labute approximate surface area is 128 Å². The van der Waals surface area contributed by atoms with Gasteiger partial charge in [-0.3, -0.25) is 0 Å². The number of hydrogen-bond donors (Lipinski definition) is 1. The number of benzene rings is 1. The molecule has 0 bridgehead atoms. The van der Waals surface area contributed by atoms with E-state index in [1.54, 1.807) is 0 Å². The van der Waals surface area contributed by atoms with E-state index in [1.165, 1.54) is 10.9 Å². The molecule has 0 saturated heterocycles. The number of fused-ring (bicyclic) bond motifs is 1. The first-order valence-corrected chi connectivity index (χ1v) is 8.14. The molecule has 0 aliphatic carbocycles. The van der Waals surface area contributed by atoms with E-state index in [2.05, 4.69) is 62.2 Å². The molecular weight excluding hydrogens is 260 g/mol. The van der Waals surface area contributed by atoms with Gasteiger partial charge in [0.1, 0.15) is 11.3 Å². The molecule has 3 heteroatoms. The molecule has 0 aliphatic rings. The van der Waals surface area contributed by atoms with E-state index in [4.69, 9.17) is 4.42 Å².